The summed E-state index contributed by atoms with van der Waals surface area (Å²) in [5.41, 5.74) is -0.766. The molecule has 1 spiro atoms. The minimum Gasteiger partial charge on any atom is -0.388 e. The van der Waals surface area contributed by atoms with Crippen LogP contribution in [0.2, 0.25) is 0 Å². The Balaban J connectivity index is 1.89. The van der Waals surface area contributed by atoms with Gasteiger partial charge >= 0.3 is 0 Å². The minimum absolute atomic E-state index is 0.116. The smallest absolute Gasteiger partial charge is 0.138 e. The third-order valence-corrected chi connectivity index (χ3v) is 6.66. The standard InChI is InChI=1S/C16H25NO2/c1-11-8-12-9-14(18)13-4-2-6-17-7-3-5-16(12,19)15(13,17)10-11/h11-13,19H,2-10H2,1H3/t11-,12+,13-,15+,16-/m1/s1. The lowest BCUT2D eigenvalue weighted by Gasteiger charge is -2.69. The second kappa shape index (κ2) is 3.82. The van der Waals surface area contributed by atoms with Crippen molar-refractivity contribution in [3.8, 4) is 0 Å². The summed E-state index contributed by atoms with van der Waals surface area (Å²) in [6.07, 6.45) is 6.89. The van der Waals surface area contributed by atoms with E-state index in [2.05, 4.69) is 11.8 Å². The lowest BCUT2D eigenvalue weighted by Crippen LogP contribution is -2.79. The molecule has 1 N–H and O–H groups in total. The van der Waals surface area contributed by atoms with Crippen molar-refractivity contribution in [2.24, 2.45) is 17.8 Å². The molecule has 0 radical (unpaired) electrons. The van der Waals surface area contributed by atoms with E-state index in [4.69, 9.17) is 0 Å². The summed E-state index contributed by atoms with van der Waals surface area (Å²) in [6, 6.07) is 0. The molecule has 2 heterocycles. The van der Waals surface area contributed by atoms with Gasteiger partial charge in [-0.1, -0.05) is 6.92 Å². The Morgan fingerprint density at radius 1 is 1.32 bits per heavy atom. The summed E-state index contributed by atoms with van der Waals surface area (Å²) in [4.78, 5) is 15.1. The Morgan fingerprint density at radius 2 is 2.11 bits per heavy atom. The Hall–Kier alpha value is -0.410. The average Bonchev–Trinajstić information content (AvgIpc) is 2.35. The van der Waals surface area contributed by atoms with Gasteiger partial charge in [0, 0.05) is 12.3 Å². The highest BCUT2D eigenvalue weighted by Crippen LogP contribution is 2.61. The number of carbonyl (C=O) groups is 1. The van der Waals surface area contributed by atoms with Crippen molar-refractivity contribution >= 4 is 5.78 Å². The van der Waals surface area contributed by atoms with Crippen LogP contribution in [-0.2, 0) is 4.79 Å². The number of aliphatic hydroxyl groups is 1. The normalized spacial score (nSPS) is 53.8. The zero-order chi connectivity index (χ0) is 13.3. The maximum absolute atomic E-state index is 12.6. The maximum Gasteiger partial charge on any atom is 0.138 e. The number of ketones is 1. The Labute approximate surface area is 115 Å². The highest BCUT2D eigenvalue weighted by atomic mass is 16.3. The van der Waals surface area contributed by atoms with Crippen molar-refractivity contribution in [3.63, 3.8) is 0 Å². The fraction of sp³-hybridized carbons (Fsp3) is 0.938. The van der Waals surface area contributed by atoms with Crippen LogP contribution in [0.3, 0.4) is 0 Å². The third kappa shape index (κ3) is 1.33. The van der Waals surface area contributed by atoms with Gasteiger partial charge in [-0.25, -0.2) is 0 Å². The van der Waals surface area contributed by atoms with Crippen LogP contribution < -0.4 is 0 Å². The highest BCUT2D eigenvalue weighted by Gasteiger charge is 2.69. The van der Waals surface area contributed by atoms with E-state index in [0.29, 0.717) is 18.1 Å². The van der Waals surface area contributed by atoms with Crippen molar-refractivity contribution in [3.05, 3.63) is 0 Å². The third-order valence-electron chi connectivity index (χ3n) is 6.66. The Kier molecular flexibility index (Phi) is 2.48. The second-order valence-electron chi connectivity index (χ2n) is 7.55. The van der Waals surface area contributed by atoms with Gasteiger partial charge in [-0.2, -0.15) is 0 Å². The first kappa shape index (κ1) is 12.3. The van der Waals surface area contributed by atoms with E-state index in [0.717, 1.165) is 51.6 Å². The van der Waals surface area contributed by atoms with Crippen LogP contribution in [0.25, 0.3) is 0 Å². The van der Waals surface area contributed by atoms with Crippen LogP contribution in [0.5, 0.6) is 0 Å². The second-order valence-corrected chi connectivity index (χ2v) is 7.55. The molecule has 4 fully saturated rings. The number of hydrogen-bond donors (Lipinski definition) is 1. The van der Waals surface area contributed by atoms with Gasteiger partial charge in [-0.15, -0.1) is 0 Å². The zero-order valence-corrected chi connectivity index (χ0v) is 11.9. The molecule has 0 aromatic heterocycles. The van der Waals surface area contributed by atoms with Gasteiger partial charge in [0.15, 0.2) is 0 Å². The lowest BCUT2D eigenvalue weighted by molar-refractivity contribution is -0.249. The molecule has 106 valence electrons. The monoisotopic (exact) mass is 263 g/mol. The van der Waals surface area contributed by atoms with Gasteiger partial charge in [0.1, 0.15) is 5.78 Å². The predicted molar refractivity (Wildman–Crippen MR) is 72.7 cm³/mol. The molecule has 0 amide bonds. The van der Waals surface area contributed by atoms with Crippen LogP contribution >= 0.6 is 0 Å². The van der Waals surface area contributed by atoms with Crippen molar-refractivity contribution < 1.29 is 9.90 Å². The number of hydrogen-bond acceptors (Lipinski definition) is 3. The van der Waals surface area contributed by atoms with Crippen LogP contribution in [-0.4, -0.2) is 40.0 Å². The minimum atomic E-state index is -0.573. The Bertz CT molecular complexity index is 421. The van der Waals surface area contributed by atoms with Crippen molar-refractivity contribution in [2.45, 2.75) is 63.0 Å². The molecule has 4 aliphatic rings. The van der Waals surface area contributed by atoms with E-state index in [1.807, 2.05) is 0 Å². The predicted octanol–water partition coefficient (Wildman–Crippen LogP) is 1.98. The molecule has 0 aromatic rings. The number of carbonyl (C=O) groups excluding carboxylic acids is 1. The molecule has 2 aliphatic heterocycles. The molecule has 2 saturated carbocycles. The van der Waals surface area contributed by atoms with Crippen LogP contribution in [0.1, 0.15) is 51.9 Å². The van der Waals surface area contributed by atoms with Gasteiger partial charge in [-0.05, 0) is 63.5 Å². The summed E-state index contributed by atoms with van der Waals surface area (Å²) in [6.45, 7) is 4.49. The molecule has 5 atom stereocenters. The summed E-state index contributed by atoms with van der Waals surface area (Å²) < 4.78 is 0. The van der Waals surface area contributed by atoms with E-state index in [1.165, 1.54) is 0 Å². The van der Waals surface area contributed by atoms with Crippen molar-refractivity contribution in [2.75, 3.05) is 13.1 Å². The van der Waals surface area contributed by atoms with Crippen LogP contribution in [0.4, 0.5) is 0 Å². The number of Topliss-reactive ketones (excluding diaryl/α,β-unsaturated/α-hetero) is 1. The van der Waals surface area contributed by atoms with E-state index >= 15 is 0 Å². The average molecular weight is 263 g/mol. The van der Waals surface area contributed by atoms with Gasteiger partial charge in [-0.3, -0.25) is 9.69 Å². The highest BCUT2D eigenvalue weighted by molar-refractivity contribution is 5.85. The fourth-order valence-corrected chi connectivity index (χ4v) is 6.15. The Morgan fingerprint density at radius 3 is 2.95 bits per heavy atom. The number of nitrogens with zero attached hydrogens (tertiary/aromatic N) is 1. The molecule has 2 saturated heterocycles. The quantitative estimate of drug-likeness (QED) is 0.726. The topological polar surface area (TPSA) is 40.5 Å². The van der Waals surface area contributed by atoms with E-state index < -0.39 is 5.60 Å². The van der Waals surface area contributed by atoms with Crippen LogP contribution in [0.15, 0.2) is 0 Å². The summed E-state index contributed by atoms with van der Waals surface area (Å²) >= 11 is 0. The van der Waals surface area contributed by atoms with Crippen molar-refractivity contribution in [1.82, 2.24) is 4.90 Å². The van der Waals surface area contributed by atoms with E-state index in [-0.39, 0.29) is 17.4 Å². The first-order chi connectivity index (χ1) is 9.08. The first-order valence-electron chi connectivity index (χ1n) is 8.08. The molecule has 19 heavy (non-hydrogen) atoms. The lowest BCUT2D eigenvalue weighted by atomic mass is 9.46. The summed E-state index contributed by atoms with van der Waals surface area (Å²) in [5.74, 6) is 1.44. The maximum atomic E-state index is 12.6. The zero-order valence-electron chi connectivity index (χ0n) is 11.9. The molecule has 3 nitrogen and oxygen atoms in total. The van der Waals surface area contributed by atoms with E-state index in [1.54, 1.807) is 0 Å². The molecule has 3 heteroatoms. The van der Waals surface area contributed by atoms with Gasteiger partial charge in [0.25, 0.3) is 0 Å². The molecular formula is C16H25NO2. The molecule has 2 bridgehead atoms. The van der Waals surface area contributed by atoms with Gasteiger partial charge < -0.3 is 5.11 Å². The number of rotatable bonds is 0. The summed E-state index contributed by atoms with van der Waals surface area (Å²) in [5, 5.41) is 11.5. The van der Waals surface area contributed by atoms with Gasteiger partial charge in [0.05, 0.1) is 11.1 Å². The first-order valence-corrected chi connectivity index (χ1v) is 8.08. The SMILES string of the molecule is C[C@@H]1C[C@H]2CC(=O)[C@H]3CCCN4CCC[C@]2(O)[C@]34C1. The molecule has 2 aliphatic carbocycles. The molecule has 0 unspecified atom stereocenters. The molecular weight excluding hydrogens is 238 g/mol. The van der Waals surface area contributed by atoms with Crippen LogP contribution in [0, 0.1) is 17.8 Å². The molecule has 4 rings (SSSR count). The number of piperidine rings is 2. The summed E-state index contributed by atoms with van der Waals surface area (Å²) in [7, 11) is 0. The van der Waals surface area contributed by atoms with E-state index in [9.17, 15) is 9.90 Å². The van der Waals surface area contributed by atoms with Gasteiger partial charge in [0.2, 0.25) is 0 Å². The largest absolute Gasteiger partial charge is 0.388 e. The van der Waals surface area contributed by atoms with Crippen molar-refractivity contribution in [1.29, 1.82) is 0 Å². The molecule has 0 aromatic carbocycles. The fourth-order valence-electron chi connectivity index (χ4n) is 6.15.